The Morgan fingerprint density at radius 2 is 1.82 bits per heavy atom. The molecule has 8 rings (SSSR count). The zero-order valence-corrected chi connectivity index (χ0v) is 31.7. The van der Waals surface area contributed by atoms with E-state index in [2.05, 4.69) is 36.8 Å². The molecule has 0 bridgehead atoms. The number of para-hydroxylation sites is 1. The number of likely N-dealkylation sites (N-methyl/N-ethyl adjacent to an activating group) is 1. The van der Waals surface area contributed by atoms with Gasteiger partial charge in [0, 0.05) is 70.2 Å². The summed E-state index contributed by atoms with van der Waals surface area (Å²) in [4.78, 5) is 62.8. The lowest BCUT2D eigenvalue weighted by molar-refractivity contribution is -0.134. The smallest absolute Gasteiger partial charge is 0.293 e. The third-order valence-electron chi connectivity index (χ3n) is 11.1. The van der Waals surface area contributed by atoms with Crippen molar-refractivity contribution in [3.05, 3.63) is 69.7 Å². The largest absolute Gasteiger partial charge is 0.478 e. The zero-order valence-electron chi connectivity index (χ0n) is 31.0. The highest BCUT2D eigenvalue weighted by molar-refractivity contribution is 6.33. The highest BCUT2D eigenvalue weighted by Gasteiger charge is 2.35. The molecule has 0 aliphatic carbocycles. The first-order chi connectivity index (χ1) is 26.6. The number of piperidine rings is 2. The van der Waals surface area contributed by atoms with Gasteiger partial charge in [-0.25, -0.2) is 4.98 Å². The van der Waals surface area contributed by atoms with Crippen LogP contribution in [0.3, 0.4) is 0 Å². The fourth-order valence-corrected chi connectivity index (χ4v) is 8.29. The first kappa shape index (κ1) is 36.3. The fraction of sp³-hybridized carbons (Fsp3) is 0.410. The number of amides is 3. The van der Waals surface area contributed by atoms with Gasteiger partial charge in [0.2, 0.25) is 17.8 Å². The fourth-order valence-electron chi connectivity index (χ4n) is 8.15. The van der Waals surface area contributed by atoms with E-state index in [1.54, 1.807) is 19.3 Å². The van der Waals surface area contributed by atoms with Crippen LogP contribution in [0.2, 0.25) is 5.02 Å². The van der Waals surface area contributed by atoms with Crippen LogP contribution in [0.4, 0.5) is 23.1 Å². The van der Waals surface area contributed by atoms with Crippen molar-refractivity contribution >= 4 is 74.3 Å². The summed E-state index contributed by atoms with van der Waals surface area (Å²) in [6, 6.07) is 13.4. The second-order valence-corrected chi connectivity index (χ2v) is 15.1. The van der Waals surface area contributed by atoms with Crippen molar-refractivity contribution in [2.75, 3.05) is 55.0 Å². The lowest BCUT2D eigenvalue weighted by Gasteiger charge is -2.44. The number of hydrogen-bond donors (Lipinski definition) is 3. The van der Waals surface area contributed by atoms with Crippen molar-refractivity contribution < 1.29 is 19.1 Å². The van der Waals surface area contributed by atoms with E-state index in [1.807, 2.05) is 42.1 Å². The average molecular weight is 767 g/mol. The Morgan fingerprint density at radius 3 is 2.58 bits per heavy atom. The number of imide groups is 1. The number of carbonyl (C=O) groups excluding carboxylic acids is 3. The summed E-state index contributed by atoms with van der Waals surface area (Å²) in [5.74, 6) is 1.15. The molecular weight excluding hydrogens is 724 g/mol. The van der Waals surface area contributed by atoms with Crippen LogP contribution < -0.4 is 36.0 Å². The highest BCUT2D eigenvalue weighted by Crippen LogP contribution is 2.39. The summed E-state index contributed by atoms with van der Waals surface area (Å²) in [6.07, 6.45) is 5.68. The van der Waals surface area contributed by atoms with Gasteiger partial charge in [-0.1, -0.05) is 23.7 Å². The number of aryl methyl sites for hydroxylation is 2. The van der Waals surface area contributed by atoms with Gasteiger partial charge in [0.1, 0.15) is 5.02 Å². The molecule has 3 aliphatic rings. The number of hydrogen-bond acceptors (Lipinski definition) is 11. The van der Waals surface area contributed by atoms with E-state index < -0.39 is 5.92 Å². The van der Waals surface area contributed by atoms with Gasteiger partial charge in [-0.05, 0) is 67.9 Å². The van der Waals surface area contributed by atoms with E-state index in [0.717, 1.165) is 78.8 Å². The summed E-state index contributed by atoms with van der Waals surface area (Å²) in [5, 5.41) is 15.1. The van der Waals surface area contributed by atoms with Crippen LogP contribution in [0.1, 0.15) is 43.7 Å². The van der Waals surface area contributed by atoms with Crippen LogP contribution in [0, 0.1) is 11.8 Å². The normalized spacial score (nSPS) is 18.1. The standard InChI is InChI=1S/C39H43ClN10O5/c1-41-33(52)21-55-31-17-24-16-25(7-9-29(24)47(2)38(31)54)43-36-28(40)18-42-39(45-36)49-13-11-22(12-14-49)15-23-19-50(20-23)30-6-4-5-26-34(46-48(3)35(26)30)27-8-10-32(51)44-37(27)53/h4-7,9,16-18,22-23,27H,8,10-15,19-21H2,1-3H3,(H,41,52)(H,42,43,45)(H,44,51,53). The topological polar surface area (TPSA) is 169 Å². The van der Waals surface area contributed by atoms with E-state index in [-0.39, 0.29) is 35.6 Å². The van der Waals surface area contributed by atoms with Crippen LogP contribution in [0.25, 0.3) is 21.8 Å². The SMILES string of the molecule is CNC(=O)COc1cc2cc(Nc3nc(N4CCC(CC5CN(c6cccc7c(C8CCC(=O)NC8=O)nn(C)c67)C5)CC4)ncc3Cl)ccc2n(C)c1=O. The zero-order chi connectivity index (χ0) is 38.4. The number of rotatable bonds is 10. The van der Waals surface area contributed by atoms with Gasteiger partial charge in [-0.3, -0.25) is 29.2 Å². The van der Waals surface area contributed by atoms with Gasteiger partial charge in [-0.2, -0.15) is 10.1 Å². The number of benzene rings is 2. The van der Waals surface area contributed by atoms with Gasteiger partial charge < -0.3 is 29.7 Å². The predicted octanol–water partition coefficient (Wildman–Crippen LogP) is 4.00. The molecule has 0 spiro atoms. The second-order valence-electron chi connectivity index (χ2n) is 14.7. The summed E-state index contributed by atoms with van der Waals surface area (Å²) in [7, 11) is 5.10. The number of nitrogens with zero attached hydrogens (tertiary/aromatic N) is 7. The molecule has 1 unspecified atom stereocenters. The number of carbonyl (C=O) groups is 3. The highest BCUT2D eigenvalue weighted by atomic mass is 35.5. The number of pyridine rings is 1. The molecular formula is C39H43ClN10O5. The molecule has 3 fully saturated rings. The molecule has 6 heterocycles. The monoisotopic (exact) mass is 766 g/mol. The summed E-state index contributed by atoms with van der Waals surface area (Å²) >= 11 is 6.56. The maximum atomic E-state index is 12.8. The summed E-state index contributed by atoms with van der Waals surface area (Å²) in [6.45, 7) is 3.39. The minimum atomic E-state index is -0.422. The molecule has 5 aromatic rings. The van der Waals surface area contributed by atoms with Gasteiger partial charge in [-0.15, -0.1) is 0 Å². The van der Waals surface area contributed by atoms with E-state index in [4.69, 9.17) is 26.4 Å². The van der Waals surface area contributed by atoms with Crippen LogP contribution in [0.5, 0.6) is 5.75 Å². The lowest BCUT2D eigenvalue weighted by Crippen LogP contribution is -2.48. The molecule has 3 saturated heterocycles. The maximum Gasteiger partial charge on any atom is 0.293 e. The van der Waals surface area contributed by atoms with E-state index in [9.17, 15) is 19.2 Å². The number of ether oxygens (including phenoxy) is 1. The van der Waals surface area contributed by atoms with Crippen molar-refractivity contribution in [2.24, 2.45) is 25.9 Å². The number of fused-ring (bicyclic) bond motifs is 2. The average Bonchev–Trinajstić information content (AvgIpc) is 3.50. The molecule has 3 amide bonds. The van der Waals surface area contributed by atoms with Gasteiger partial charge in [0.25, 0.3) is 11.5 Å². The third kappa shape index (κ3) is 7.15. The first-order valence-corrected chi connectivity index (χ1v) is 19.0. The van der Waals surface area contributed by atoms with Crippen LogP contribution in [-0.4, -0.2) is 81.9 Å². The first-order valence-electron chi connectivity index (χ1n) is 18.6. The minimum absolute atomic E-state index is 0.0839. The van der Waals surface area contributed by atoms with Crippen LogP contribution >= 0.6 is 11.6 Å². The van der Waals surface area contributed by atoms with E-state index in [0.29, 0.717) is 47.0 Å². The van der Waals surface area contributed by atoms with Crippen molar-refractivity contribution in [1.82, 2.24) is 34.9 Å². The Bertz CT molecular complexity index is 2380. The number of anilines is 4. The lowest BCUT2D eigenvalue weighted by atomic mass is 9.83. The Morgan fingerprint density at radius 1 is 1.02 bits per heavy atom. The molecule has 55 heavy (non-hydrogen) atoms. The molecule has 3 N–H and O–H groups in total. The van der Waals surface area contributed by atoms with Gasteiger partial charge >= 0.3 is 0 Å². The molecule has 15 nitrogen and oxygen atoms in total. The molecule has 3 aromatic heterocycles. The predicted molar refractivity (Wildman–Crippen MR) is 210 cm³/mol. The minimum Gasteiger partial charge on any atom is -0.478 e. The molecule has 0 radical (unpaired) electrons. The summed E-state index contributed by atoms with van der Waals surface area (Å²) < 4.78 is 8.87. The number of halogens is 1. The Hall–Kier alpha value is -5.70. The van der Waals surface area contributed by atoms with Crippen molar-refractivity contribution in [1.29, 1.82) is 0 Å². The van der Waals surface area contributed by atoms with Crippen molar-refractivity contribution in [3.63, 3.8) is 0 Å². The maximum absolute atomic E-state index is 12.8. The van der Waals surface area contributed by atoms with Crippen molar-refractivity contribution in [2.45, 2.75) is 38.0 Å². The molecule has 286 valence electrons. The second kappa shape index (κ2) is 14.9. The number of nitrogens with one attached hydrogen (secondary N) is 3. The van der Waals surface area contributed by atoms with Gasteiger partial charge in [0.15, 0.2) is 18.2 Å². The molecule has 3 aliphatic heterocycles. The van der Waals surface area contributed by atoms with E-state index >= 15 is 0 Å². The van der Waals surface area contributed by atoms with Crippen LogP contribution in [0.15, 0.2) is 53.5 Å². The Balaban J connectivity index is 0.877. The Labute approximate surface area is 322 Å². The van der Waals surface area contributed by atoms with Crippen molar-refractivity contribution in [3.8, 4) is 5.75 Å². The third-order valence-corrected chi connectivity index (χ3v) is 11.4. The molecule has 1 atom stereocenters. The summed E-state index contributed by atoms with van der Waals surface area (Å²) in [5.41, 5.74) is 3.99. The molecule has 16 heteroatoms. The van der Waals surface area contributed by atoms with Crippen LogP contribution in [-0.2, 0) is 28.5 Å². The molecule has 2 aromatic carbocycles. The quantitative estimate of drug-likeness (QED) is 0.176. The van der Waals surface area contributed by atoms with E-state index in [1.165, 1.54) is 11.6 Å². The molecule has 0 saturated carbocycles. The Kier molecular flexibility index (Phi) is 9.80. The number of aromatic nitrogens is 5. The van der Waals surface area contributed by atoms with Gasteiger partial charge in [0.05, 0.1) is 34.5 Å².